The third kappa shape index (κ3) is 3.27. The van der Waals surface area contributed by atoms with Gasteiger partial charge in [-0.05, 0) is 52.3 Å². The number of benzene rings is 1. The predicted molar refractivity (Wildman–Crippen MR) is 90.4 cm³/mol. The molecule has 0 spiro atoms. The second-order valence-corrected chi connectivity index (χ2v) is 7.18. The van der Waals surface area contributed by atoms with Gasteiger partial charge in [0.2, 0.25) is 0 Å². The van der Waals surface area contributed by atoms with E-state index in [0.29, 0.717) is 5.92 Å². The molecule has 5 heteroatoms. The van der Waals surface area contributed by atoms with E-state index in [1.165, 1.54) is 5.56 Å². The second-order valence-electron chi connectivity index (χ2n) is 7.18. The van der Waals surface area contributed by atoms with Crippen LogP contribution in [-0.4, -0.2) is 68.7 Å². The number of nitrogens with one attached hydrogen (secondary N) is 1. The van der Waals surface area contributed by atoms with Crippen molar-refractivity contribution in [3.63, 3.8) is 0 Å². The first-order valence-electron chi connectivity index (χ1n) is 8.30. The van der Waals surface area contributed by atoms with Gasteiger partial charge in [0.15, 0.2) is 0 Å². The zero-order valence-electron chi connectivity index (χ0n) is 14.5. The second kappa shape index (κ2) is 6.59. The highest BCUT2D eigenvalue weighted by molar-refractivity contribution is 5.94. The first-order valence-corrected chi connectivity index (χ1v) is 8.30. The van der Waals surface area contributed by atoms with Crippen LogP contribution in [0.2, 0.25) is 0 Å². The van der Waals surface area contributed by atoms with E-state index in [9.17, 15) is 4.79 Å². The molecular weight excluding hydrogens is 290 g/mol. The van der Waals surface area contributed by atoms with Crippen LogP contribution in [-0.2, 0) is 11.3 Å². The molecule has 1 heterocycles. The van der Waals surface area contributed by atoms with Gasteiger partial charge in [0.25, 0.3) is 5.91 Å². The Bertz CT molecular complexity index is 556. The fourth-order valence-electron chi connectivity index (χ4n) is 3.84. The first kappa shape index (κ1) is 16.4. The number of hydrogen-bond acceptors (Lipinski definition) is 4. The highest BCUT2D eigenvalue weighted by atomic mass is 16.5. The minimum Gasteiger partial charge on any atom is -0.376 e. The molecule has 5 nitrogen and oxygen atoms in total. The molecule has 0 radical (unpaired) electrons. The van der Waals surface area contributed by atoms with Gasteiger partial charge >= 0.3 is 0 Å². The molecule has 2 aliphatic rings. The molecule has 1 saturated carbocycles. The summed E-state index contributed by atoms with van der Waals surface area (Å²) in [6.07, 6.45) is 1.32. The summed E-state index contributed by atoms with van der Waals surface area (Å²) in [4.78, 5) is 16.8. The summed E-state index contributed by atoms with van der Waals surface area (Å²) in [5, 5.41) is 3.22. The van der Waals surface area contributed by atoms with Crippen LogP contribution in [0.4, 0.5) is 0 Å². The maximum Gasteiger partial charge on any atom is 0.251 e. The number of rotatable bonds is 5. The van der Waals surface area contributed by atoms with Gasteiger partial charge in [-0.25, -0.2) is 0 Å². The smallest absolute Gasteiger partial charge is 0.251 e. The number of carbonyl (C=O) groups is 1. The molecule has 0 bridgehead atoms. The van der Waals surface area contributed by atoms with E-state index in [1.54, 1.807) is 0 Å². The monoisotopic (exact) mass is 317 g/mol. The van der Waals surface area contributed by atoms with E-state index in [0.717, 1.165) is 25.1 Å². The topological polar surface area (TPSA) is 44.8 Å². The van der Waals surface area contributed by atoms with Crippen molar-refractivity contribution >= 4 is 5.91 Å². The van der Waals surface area contributed by atoms with Crippen molar-refractivity contribution in [3.8, 4) is 0 Å². The summed E-state index contributed by atoms with van der Waals surface area (Å²) in [7, 11) is 8.19. The number of likely N-dealkylation sites (N-methyl/N-ethyl adjacent to an activating group) is 1. The lowest BCUT2D eigenvalue weighted by Crippen LogP contribution is -2.69. The number of hydrogen-bond donors (Lipinski definition) is 1. The lowest BCUT2D eigenvalue weighted by atomic mass is 9.71. The zero-order chi connectivity index (χ0) is 16.6. The van der Waals surface area contributed by atoms with Crippen LogP contribution in [0.1, 0.15) is 22.3 Å². The van der Waals surface area contributed by atoms with Crippen LogP contribution in [0.15, 0.2) is 24.3 Å². The molecule has 1 aliphatic heterocycles. The molecule has 3 rings (SSSR count). The third-order valence-electron chi connectivity index (χ3n) is 4.96. The van der Waals surface area contributed by atoms with E-state index >= 15 is 0 Å². The Labute approximate surface area is 138 Å². The molecule has 1 saturated heterocycles. The molecule has 1 aromatic rings. The molecule has 1 aromatic carbocycles. The number of nitrogens with zero attached hydrogens (tertiary/aromatic N) is 2. The van der Waals surface area contributed by atoms with Crippen LogP contribution in [0.5, 0.6) is 0 Å². The summed E-state index contributed by atoms with van der Waals surface area (Å²) < 4.78 is 5.80. The van der Waals surface area contributed by atoms with E-state index in [4.69, 9.17) is 4.74 Å². The Morgan fingerprint density at radius 2 is 1.91 bits per heavy atom. The molecule has 0 unspecified atom stereocenters. The van der Waals surface area contributed by atoms with Crippen LogP contribution >= 0.6 is 0 Å². The molecule has 4 atom stereocenters. The highest BCUT2D eigenvalue weighted by Gasteiger charge is 2.55. The minimum atomic E-state index is 0.0172. The maximum absolute atomic E-state index is 12.6. The predicted octanol–water partition coefficient (Wildman–Crippen LogP) is 1.20. The van der Waals surface area contributed by atoms with Crippen molar-refractivity contribution in [2.45, 2.75) is 31.2 Å². The van der Waals surface area contributed by atoms with E-state index in [1.807, 2.05) is 38.4 Å². The third-order valence-corrected chi connectivity index (χ3v) is 4.96. The molecule has 1 amide bonds. The quantitative estimate of drug-likeness (QED) is 0.886. The highest BCUT2D eigenvalue weighted by Crippen LogP contribution is 2.41. The van der Waals surface area contributed by atoms with Gasteiger partial charge in [0.1, 0.15) is 0 Å². The van der Waals surface area contributed by atoms with Crippen LogP contribution in [0.3, 0.4) is 0 Å². The van der Waals surface area contributed by atoms with Crippen molar-refractivity contribution in [3.05, 3.63) is 35.4 Å². The van der Waals surface area contributed by atoms with Gasteiger partial charge in [0, 0.05) is 24.6 Å². The fourth-order valence-corrected chi connectivity index (χ4v) is 3.84. The Morgan fingerprint density at radius 1 is 1.22 bits per heavy atom. The van der Waals surface area contributed by atoms with Gasteiger partial charge in [-0.1, -0.05) is 12.1 Å². The average Bonchev–Trinajstić information content (AvgIpc) is 2.88. The molecule has 2 fully saturated rings. The van der Waals surface area contributed by atoms with E-state index in [2.05, 4.69) is 29.2 Å². The van der Waals surface area contributed by atoms with Crippen LogP contribution in [0.25, 0.3) is 0 Å². The van der Waals surface area contributed by atoms with Crippen molar-refractivity contribution in [1.29, 1.82) is 0 Å². The summed E-state index contributed by atoms with van der Waals surface area (Å²) in [5.41, 5.74) is 1.94. The van der Waals surface area contributed by atoms with Crippen LogP contribution < -0.4 is 5.32 Å². The number of ether oxygens (including phenoxy) is 1. The van der Waals surface area contributed by atoms with E-state index in [-0.39, 0.29) is 24.1 Å². The molecule has 1 N–H and O–H groups in total. The Kier molecular flexibility index (Phi) is 4.71. The van der Waals surface area contributed by atoms with Crippen molar-refractivity contribution in [2.24, 2.45) is 5.92 Å². The molecule has 0 aromatic heterocycles. The summed E-state index contributed by atoms with van der Waals surface area (Å²) >= 11 is 0. The summed E-state index contributed by atoms with van der Waals surface area (Å²) in [6, 6.07) is 8.35. The normalized spacial score (nSPS) is 29.5. The van der Waals surface area contributed by atoms with Crippen molar-refractivity contribution < 1.29 is 9.53 Å². The zero-order valence-corrected chi connectivity index (χ0v) is 14.5. The Balaban J connectivity index is 1.64. The minimum absolute atomic E-state index is 0.0172. The van der Waals surface area contributed by atoms with Crippen molar-refractivity contribution in [2.75, 3.05) is 34.8 Å². The van der Waals surface area contributed by atoms with Gasteiger partial charge < -0.3 is 19.9 Å². The molecular formula is C18H27N3O2. The largest absolute Gasteiger partial charge is 0.376 e. The van der Waals surface area contributed by atoms with Gasteiger partial charge in [0.05, 0.1) is 18.2 Å². The lowest BCUT2D eigenvalue weighted by Gasteiger charge is -2.50. The summed E-state index contributed by atoms with van der Waals surface area (Å²) in [6.45, 7) is 1.69. The SMILES string of the molecule is CN(C)Cc1ccc(C(=O)N[C@H]2[C@H]3CCO[C@H]3[C@@H]2N(C)C)cc1. The molecule has 126 valence electrons. The maximum atomic E-state index is 12.6. The fraction of sp³-hybridized carbons (Fsp3) is 0.611. The van der Waals surface area contributed by atoms with Crippen LogP contribution in [0, 0.1) is 5.92 Å². The number of carbonyl (C=O) groups excluding carboxylic acids is 1. The van der Waals surface area contributed by atoms with E-state index < -0.39 is 0 Å². The molecule has 1 aliphatic carbocycles. The standard InChI is InChI=1S/C18H27N3O2/c1-20(2)11-12-5-7-13(8-6-12)18(22)19-15-14-9-10-23-17(14)16(15)21(3)4/h5-8,14-17H,9-11H2,1-4H3,(H,19,22)/t14-,15+,16-,17-/m1/s1. The van der Waals surface area contributed by atoms with Gasteiger partial charge in [-0.3, -0.25) is 4.79 Å². The lowest BCUT2D eigenvalue weighted by molar-refractivity contribution is -0.0664. The summed E-state index contributed by atoms with van der Waals surface area (Å²) in [5.74, 6) is 0.475. The van der Waals surface area contributed by atoms with Gasteiger partial charge in [-0.2, -0.15) is 0 Å². The van der Waals surface area contributed by atoms with Gasteiger partial charge in [-0.15, -0.1) is 0 Å². The molecule has 23 heavy (non-hydrogen) atoms. The number of amides is 1. The first-order chi connectivity index (χ1) is 11.0. The average molecular weight is 317 g/mol. The van der Waals surface area contributed by atoms with Crippen molar-refractivity contribution in [1.82, 2.24) is 15.1 Å². The number of fused-ring (bicyclic) bond motifs is 1. The Hall–Kier alpha value is -1.43. The Morgan fingerprint density at radius 3 is 2.52 bits per heavy atom.